The highest BCUT2D eigenvalue weighted by Gasteiger charge is 2.35. The summed E-state index contributed by atoms with van der Waals surface area (Å²) in [5.74, 6) is -1.20. The zero-order chi connectivity index (χ0) is 12.6. The van der Waals surface area contributed by atoms with Crippen LogP contribution in [0, 0.1) is 12.8 Å². The Bertz CT molecular complexity index is 458. The van der Waals surface area contributed by atoms with Gasteiger partial charge in [-0.3, -0.25) is 9.59 Å². The lowest BCUT2D eigenvalue weighted by Gasteiger charge is -2.32. The van der Waals surface area contributed by atoms with E-state index in [0.717, 1.165) is 5.69 Å². The molecule has 1 aromatic rings. The molecule has 1 heterocycles. The van der Waals surface area contributed by atoms with E-state index in [1.54, 1.807) is 6.07 Å². The monoisotopic (exact) mass is 236 g/mol. The van der Waals surface area contributed by atoms with Crippen LogP contribution in [0.15, 0.2) is 12.1 Å². The molecule has 92 valence electrons. The van der Waals surface area contributed by atoms with Gasteiger partial charge in [0.25, 0.3) is 5.91 Å². The molecule has 1 aliphatic carbocycles. The number of carbonyl (C=O) groups excluding carboxylic acids is 1. The minimum absolute atomic E-state index is 0.00111. The predicted octanol–water partition coefficient (Wildman–Crippen LogP) is 0.927. The van der Waals surface area contributed by atoms with Gasteiger partial charge in [-0.25, -0.2) is 0 Å². The van der Waals surface area contributed by atoms with Gasteiger partial charge in [-0.15, -0.1) is 0 Å². The number of nitrogens with one attached hydrogen (secondary N) is 1. The summed E-state index contributed by atoms with van der Waals surface area (Å²) in [5, 5.41) is 11.6. The highest BCUT2D eigenvalue weighted by Crippen LogP contribution is 2.27. The van der Waals surface area contributed by atoms with Crippen molar-refractivity contribution in [3.05, 3.63) is 23.5 Å². The van der Waals surface area contributed by atoms with Crippen LogP contribution >= 0.6 is 0 Å². The van der Waals surface area contributed by atoms with E-state index in [0.29, 0.717) is 18.5 Å². The van der Waals surface area contributed by atoms with E-state index in [4.69, 9.17) is 5.11 Å². The summed E-state index contributed by atoms with van der Waals surface area (Å²) in [4.78, 5) is 22.5. The van der Waals surface area contributed by atoms with E-state index < -0.39 is 5.97 Å². The fraction of sp³-hybridized carbons (Fsp3) is 0.500. The Kier molecular flexibility index (Phi) is 2.92. The summed E-state index contributed by atoms with van der Waals surface area (Å²) in [6.45, 7) is 1.93. The van der Waals surface area contributed by atoms with Crippen LogP contribution in [0.5, 0.6) is 0 Å². The number of hydrogen-bond acceptors (Lipinski definition) is 2. The molecule has 2 N–H and O–H groups in total. The molecule has 1 aliphatic rings. The van der Waals surface area contributed by atoms with Gasteiger partial charge in [0.05, 0.1) is 5.92 Å². The number of aliphatic carboxylic acids is 1. The summed E-state index contributed by atoms with van der Waals surface area (Å²) in [6, 6.07) is 3.66. The van der Waals surface area contributed by atoms with Gasteiger partial charge in [0, 0.05) is 18.8 Å². The first-order valence-electron chi connectivity index (χ1n) is 5.65. The normalized spacial score (nSPS) is 22.9. The quantitative estimate of drug-likeness (QED) is 0.820. The summed E-state index contributed by atoms with van der Waals surface area (Å²) in [6.07, 6.45) is 1.06. The second-order valence-corrected chi connectivity index (χ2v) is 4.60. The van der Waals surface area contributed by atoms with Crippen LogP contribution in [-0.2, 0) is 11.8 Å². The van der Waals surface area contributed by atoms with E-state index in [2.05, 4.69) is 5.32 Å². The average molecular weight is 236 g/mol. The largest absolute Gasteiger partial charge is 0.481 e. The third-order valence-electron chi connectivity index (χ3n) is 3.43. The lowest BCUT2D eigenvalue weighted by atomic mass is 9.80. The standard InChI is InChI=1S/C12H16N2O3/c1-7-3-4-10(14(7)2)11(15)13-9-5-8(6-9)12(16)17/h3-4,8-9H,5-6H2,1-2H3,(H,13,15)(H,16,17). The highest BCUT2D eigenvalue weighted by atomic mass is 16.4. The predicted molar refractivity (Wildman–Crippen MR) is 61.8 cm³/mol. The number of aromatic nitrogens is 1. The third kappa shape index (κ3) is 2.18. The Morgan fingerprint density at radius 3 is 2.53 bits per heavy atom. The van der Waals surface area contributed by atoms with Crippen LogP contribution in [-0.4, -0.2) is 27.6 Å². The minimum atomic E-state index is -0.773. The first-order valence-corrected chi connectivity index (χ1v) is 5.65. The fourth-order valence-corrected chi connectivity index (χ4v) is 2.04. The van der Waals surface area contributed by atoms with E-state index in [9.17, 15) is 9.59 Å². The molecule has 17 heavy (non-hydrogen) atoms. The molecule has 1 saturated carbocycles. The SMILES string of the molecule is Cc1ccc(C(=O)NC2CC(C(=O)O)C2)n1C. The number of hydrogen-bond donors (Lipinski definition) is 2. The molecule has 0 aliphatic heterocycles. The van der Waals surface area contributed by atoms with Gasteiger partial charge in [-0.1, -0.05) is 0 Å². The van der Waals surface area contributed by atoms with E-state index in [1.807, 2.05) is 24.6 Å². The van der Waals surface area contributed by atoms with E-state index in [-0.39, 0.29) is 17.9 Å². The first kappa shape index (κ1) is 11.7. The number of amides is 1. The van der Waals surface area contributed by atoms with Gasteiger partial charge in [0.15, 0.2) is 0 Å². The van der Waals surface area contributed by atoms with E-state index >= 15 is 0 Å². The summed E-state index contributed by atoms with van der Waals surface area (Å²) >= 11 is 0. The second kappa shape index (κ2) is 4.24. The van der Waals surface area contributed by atoms with Crippen LogP contribution in [0.25, 0.3) is 0 Å². The summed E-state index contributed by atoms with van der Waals surface area (Å²) in [5.41, 5.74) is 1.63. The van der Waals surface area contributed by atoms with Crippen molar-refractivity contribution in [2.75, 3.05) is 0 Å². The third-order valence-corrected chi connectivity index (χ3v) is 3.43. The molecule has 0 radical (unpaired) electrons. The molecule has 0 atom stereocenters. The maximum absolute atomic E-state index is 11.9. The molecular formula is C12H16N2O3. The summed E-state index contributed by atoms with van der Waals surface area (Å²) in [7, 11) is 1.84. The van der Waals surface area contributed by atoms with Crippen molar-refractivity contribution < 1.29 is 14.7 Å². The number of carbonyl (C=O) groups is 2. The molecule has 5 nitrogen and oxygen atoms in total. The van der Waals surface area contributed by atoms with Crippen molar-refractivity contribution >= 4 is 11.9 Å². The zero-order valence-corrected chi connectivity index (χ0v) is 9.93. The summed E-state index contributed by atoms with van der Waals surface area (Å²) < 4.78 is 1.82. The molecule has 0 saturated heterocycles. The van der Waals surface area contributed by atoms with Crippen molar-refractivity contribution in [3.63, 3.8) is 0 Å². The Hall–Kier alpha value is -1.78. The van der Waals surface area contributed by atoms with Crippen LogP contribution in [0.2, 0.25) is 0 Å². The van der Waals surface area contributed by atoms with Crippen LogP contribution in [0.3, 0.4) is 0 Å². The first-order chi connectivity index (χ1) is 7.99. The molecule has 2 rings (SSSR count). The maximum Gasteiger partial charge on any atom is 0.306 e. The fourth-order valence-electron chi connectivity index (χ4n) is 2.04. The minimum Gasteiger partial charge on any atom is -0.481 e. The van der Waals surface area contributed by atoms with Gasteiger partial charge in [-0.2, -0.15) is 0 Å². The van der Waals surface area contributed by atoms with Crippen LogP contribution in [0.4, 0.5) is 0 Å². The van der Waals surface area contributed by atoms with Gasteiger partial charge in [-0.05, 0) is 31.9 Å². The highest BCUT2D eigenvalue weighted by molar-refractivity contribution is 5.93. The van der Waals surface area contributed by atoms with Crippen molar-refractivity contribution in [1.29, 1.82) is 0 Å². The van der Waals surface area contributed by atoms with Crippen LogP contribution in [0.1, 0.15) is 29.0 Å². The molecule has 0 bridgehead atoms. The second-order valence-electron chi connectivity index (χ2n) is 4.60. The smallest absolute Gasteiger partial charge is 0.306 e. The lowest BCUT2D eigenvalue weighted by Crippen LogP contribution is -2.47. The number of carboxylic acid groups (broad SMARTS) is 1. The van der Waals surface area contributed by atoms with Crippen molar-refractivity contribution in [2.24, 2.45) is 13.0 Å². The number of carboxylic acids is 1. The van der Waals surface area contributed by atoms with Crippen molar-refractivity contribution in [2.45, 2.75) is 25.8 Å². The molecule has 1 amide bonds. The lowest BCUT2D eigenvalue weighted by molar-refractivity contribution is -0.145. The topological polar surface area (TPSA) is 71.3 Å². The van der Waals surface area contributed by atoms with Gasteiger partial charge < -0.3 is 15.0 Å². The van der Waals surface area contributed by atoms with E-state index in [1.165, 1.54) is 0 Å². The van der Waals surface area contributed by atoms with Crippen molar-refractivity contribution in [3.8, 4) is 0 Å². The molecule has 1 aromatic heterocycles. The molecule has 0 aromatic carbocycles. The van der Waals surface area contributed by atoms with Gasteiger partial charge in [0.1, 0.15) is 5.69 Å². The Balaban J connectivity index is 1.91. The molecule has 0 spiro atoms. The van der Waals surface area contributed by atoms with Crippen LogP contribution < -0.4 is 5.32 Å². The van der Waals surface area contributed by atoms with Gasteiger partial charge in [0.2, 0.25) is 0 Å². The Morgan fingerprint density at radius 2 is 2.06 bits per heavy atom. The number of aryl methyl sites for hydroxylation is 1. The van der Waals surface area contributed by atoms with Gasteiger partial charge >= 0.3 is 5.97 Å². The van der Waals surface area contributed by atoms with Crippen molar-refractivity contribution in [1.82, 2.24) is 9.88 Å². The Labute approximate surface area is 99.4 Å². The molecule has 5 heteroatoms. The maximum atomic E-state index is 11.9. The Morgan fingerprint density at radius 1 is 1.41 bits per heavy atom. The number of nitrogens with zero attached hydrogens (tertiary/aromatic N) is 1. The molecule has 0 unspecified atom stereocenters. The molecule has 1 fully saturated rings. The number of rotatable bonds is 3. The average Bonchev–Trinajstić information content (AvgIpc) is 2.52. The zero-order valence-electron chi connectivity index (χ0n) is 9.93. The molecular weight excluding hydrogens is 220 g/mol.